The van der Waals surface area contributed by atoms with Crippen LogP contribution < -0.4 is 10.6 Å². The highest BCUT2D eigenvalue weighted by molar-refractivity contribution is 14.0. The maximum atomic E-state index is 5.56. The zero-order valence-electron chi connectivity index (χ0n) is 15.2. The zero-order chi connectivity index (χ0) is 16.1. The predicted octanol–water partition coefficient (Wildman–Crippen LogP) is 3.18. The quantitative estimate of drug-likeness (QED) is 0.224. The lowest BCUT2D eigenvalue weighted by Crippen LogP contribution is -2.44. The van der Waals surface area contributed by atoms with Crippen molar-refractivity contribution in [1.29, 1.82) is 0 Å². The van der Waals surface area contributed by atoms with Gasteiger partial charge in [0, 0.05) is 40.5 Å². The fourth-order valence-corrected chi connectivity index (χ4v) is 3.04. The first-order valence-corrected chi connectivity index (χ1v) is 8.77. The van der Waals surface area contributed by atoms with Crippen molar-refractivity contribution in [2.75, 3.05) is 47.1 Å². The molecule has 0 saturated heterocycles. The van der Waals surface area contributed by atoms with Gasteiger partial charge in [-0.3, -0.25) is 4.99 Å². The maximum Gasteiger partial charge on any atom is 0.191 e. The molecule has 138 valence electrons. The average molecular weight is 441 g/mol. The minimum absolute atomic E-state index is 0. The number of guanidine groups is 1. The summed E-state index contributed by atoms with van der Waals surface area (Å²) in [5.74, 6) is 0.878. The van der Waals surface area contributed by atoms with E-state index in [9.17, 15) is 0 Å². The third-order valence-corrected chi connectivity index (χ3v) is 4.54. The first-order chi connectivity index (χ1) is 10.8. The molecule has 1 rings (SSSR count). The van der Waals surface area contributed by atoms with E-state index in [-0.39, 0.29) is 24.0 Å². The first-order valence-electron chi connectivity index (χ1n) is 8.77. The van der Waals surface area contributed by atoms with Gasteiger partial charge in [0.25, 0.3) is 0 Å². The first kappa shape index (κ1) is 22.9. The van der Waals surface area contributed by atoms with Gasteiger partial charge in [0.15, 0.2) is 5.96 Å². The Morgan fingerprint density at radius 3 is 2.48 bits per heavy atom. The summed E-state index contributed by atoms with van der Waals surface area (Å²) in [5.41, 5.74) is 0.380. The molecule has 0 aliphatic heterocycles. The molecule has 1 aliphatic carbocycles. The lowest BCUT2D eigenvalue weighted by atomic mass is 9.83. The van der Waals surface area contributed by atoms with Crippen LogP contribution in [0, 0.1) is 5.41 Å². The Morgan fingerprint density at radius 2 is 1.87 bits per heavy atom. The molecular formula is C17H36IN3O2. The van der Waals surface area contributed by atoms with Crippen molar-refractivity contribution in [3.63, 3.8) is 0 Å². The summed E-state index contributed by atoms with van der Waals surface area (Å²) in [5, 5.41) is 6.82. The standard InChI is InChI=1S/C17H35N3O2.HI/c1-4-5-12-22-14-11-19-16(18-2)20-15-17(10-13-21-3)8-6-7-9-17;/h4-15H2,1-3H3,(H2,18,19,20);1H. The van der Waals surface area contributed by atoms with Crippen LogP contribution in [-0.2, 0) is 9.47 Å². The molecule has 1 aliphatic rings. The fraction of sp³-hybridized carbons (Fsp3) is 0.941. The number of nitrogens with one attached hydrogen (secondary N) is 2. The monoisotopic (exact) mass is 441 g/mol. The smallest absolute Gasteiger partial charge is 0.191 e. The molecule has 0 heterocycles. The number of hydrogen-bond acceptors (Lipinski definition) is 3. The summed E-state index contributed by atoms with van der Waals surface area (Å²) in [6.07, 6.45) is 8.70. The predicted molar refractivity (Wildman–Crippen MR) is 108 cm³/mol. The van der Waals surface area contributed by atoms with Gasteiger partial charge in [-0.25, -0.2) is 0 Å². The molecule has 0 atom stereocenters. The molecule has 23 heavy (non-hydrogen) atoms. The number of nitrogens with zero attached hydrogens (tertiary/aromatic N) is 1. The van der Waals surface area contributed by atoms with Crippen LogP contribution >= 0.6 is 24.0 Å². The number of hydrogen-bond donors (Lipinski definition) is 2. The summed E-state index contributed by atoms with van der Waals surface area (Å²) in [4.78, 5) is 4.30. The maximum absolute atomic E-state index is 5.56. The van der Waals surface area contributed by atoms with Gasteiger partial charge in [-0.1, -0.05) is 26.2 Å². The molecule has 1 fully saturated rings. The molecule has 0 bridgehead atoms. The van der Waals surface area contributed by atoms with Gasteiger partial charge >= 0.3 is 0 Å². The van der Waals surface area contributed by atoms with Crippen LogP contribution in [0.3, 0.4) is 0 Å². The van der Waals surface area contributed by atoms with Gasteiger partial charge in [-0.15, -0.1) is 24.0 Å². The summed E-state index contributed by atoms with van der Waals surface area (Å²) in [6.45, 7) is 6.38. The lowest BCUT2D eigenvalue weighted by molar-refractivity contribution is 0.134. The Morgan fingerprint density at radius 1 is 1.13 bits per heavy atom. The van der Waals surface area contributed by atoms with Crippen LogP contribution in [0.25, 0.3) is 0 Å². The third-order valence-electron chi connectivity index (χ3n) is 4.54. The van der Waals surface area contributed by atoms with E-state index < -0.39 is 0 Å². The molecule has 6 heteroatoms. The Kier molecular flexibility index (Phi) is 14.2. The second-order valence-electron chi connectivity index (χ2n) is 6.27. The van der Waals surface area contributed by atoms with Gasteiger partial charge in [0.1, 0.15) is 0 Å². The van der Waals surface area contributed by atoms with Gasteiger partial charge in [0.2, 0.25) is 0 Å². The van der Waals surface area contributed by atoms with Crippen LogP contribution in [0.15, 0.2) is 4.99 Å². The van der Waals surface area contributed by atoms with Gasteiger partial charge in [0.05, 0.1) is 6.61 Å². The van der Waals surface area contributed by atoms with Crippen molar-refractivity contribution in [3.8, 4) is 0 Å². The highest BCUT2D eigenvalue weighted by Crippen LogP contribution is 2.40. The Labute approximate surface area is 159 Å². The second kappa shape index (κ2) is 14.3. The van der Waals surface area contributed by atoms with E-state index >= 15 is 0 Å². The molecule has 1 saturated carbocycles. The van der Waals surface area contributed by atoms with E-state index in [1.165, 1.54) is 32.1 Å². The van der Waals surface area contributed by atoms with Crippen molar-refractivity contribution in [2.24, 2.45) is 10.4 Å². The highest BCUT2D eigenvalue weighted by Gasteiger charge is 2.33. The van der Waals surface area contributed by atoms with E-state index in [4.69, 9.17) is 9.47 Å². The number of ether oxygens (including phenoxy) is 2. The van der Waals surface area contributed by atoms with E-state index in [1.54, 1.807) is 7.11 Å². The van der Waals surface area contributed by atoms with E-state index in [1.807, 2.05) is 7.05 Å². The fourth-order valence-electron chi connectivity index (χ4n) is 3.04. The molecule has 0 aromatic heterocycles. The molecule has 0 amide bonds. The summed E-state index contributed by atoms with van der Waals surface area (Å²) in [6, 6.07) is 0. The molecule has 0 unspecified atom stereocenters. The SMILES string of the molecule is CCCCOCCNC(=NC)NCC1(CCOC)CCCC1.I. The van der Waals surface area contributed by atoms with Crippen LogP contribution in [0.1, 0.15) is 51.9 Å². The van der Waals surface area contributed by atoms with Gasteiger partial charge < -0.3 is 20.1 Å². The van der Waals surface area contributed by atoms with Crippen LogP contribution in [0.5, 0.6) is 0 Å². The Bertz CT molecular complexity index is 308. The average Bonchev–Trinajstić information content (AvgIpc) is 3.01. The van der Waals surface area contributed by atoms with Crippen LogP contribution in [0.2, 0.25) is 0 Å². The number of methoxy groups -OCH3 is 1. The van der Waals surface area contributed by atoms with Crippen molar-refractivity contribution in [3.05, 3.63) is 0 Å². The molecule has 5 nitrogen and oxygen atoms in total. The van der Waals surface area contributed by atoms with Crippen LogP contribution in [-0.4, -0.2) is 53.0 Å². The molecule has 0 aromatic carbocycles. The highest BCUT2D eigenvalue weighted by atomic mass is 127. The van der Waals surface area contributed by atoms with Crippen molar-refractivity contribution in [2.45, 2.75) is 51.9 Å². The minimum atomic E-state index is 0. The largest absolute Gasteiger partial charge is 0.385 e. The normalized spacial score (nSPS) is 16.9. The second-order valence-corrected chi connectivity index (χ2v) is 6.27. The molecular weight excluding hydrogens is 405 g/mol. The van der Waals surface area contributed by atoms with E-state index in [2.05, 4.69) is 22.5 Å². The molecule has 0 aromatic rings. The number of unbranched alkanes of at least 4 members (excludes halogenated alkanes) is 1. The molecule has 0 spiro atoms. The summed E-state index contributed by atoms with van der Waals surface area (Å²) in [7, 11) is 3.61. The number of halogens is 1. The van der Waals surface area contributed by atoms with Crippen molar-refractivity contribution >= 4 is 29.9 Å². The Hall–Kier alpha value is -0.0800. The molecule has 0 radical (unpaired) electrons. The van der Waals surface area contributed by atoms with Gasteiger partial charge in [-0.2, -0.15) is 0 Å². The summed E-state index contributed by atoms with van der Waals surface area (Å²) >= 11 is 0. The minimum Gasteiger partial charge on any atom is -0.385 e. The van der Waals surface area contributed by atoms with Gasteiger partial charge in [-0.05, 0) is 31.1 Å². The topological polar surface area (TPSA) is 54.9 Å². The zero-order valence-corrected chi connectivity index (χ0v) is 17.5. The van der Waals surface area contributed by atoms with Crippen LogP contribution in [0.4, 0.5) is 0 Å². The molecule has 2 N–H and O–H groups in total. The summed E-state index contributed by atoms with van der Waals surface area (Å²) < 4.78 is 10.8. The number of rotatable bonds is 11. The lowest BCUT2D eigenvalue weighted by Gasteiger charge is -2.29. The third kappa shape index (κ3) is 9.72. The van der Waals surface area contributed by atoms with E-state index in [0.717, 1.165) is 51.7 Å². The van der Waals surface area contributed by atoms with Crippen molar-refractivity contribution < 1.29 is 9.47 Å². The van der Waals surface area contributed by atoms with E-state index in [0.29, 0.717) is 5.41 Å². The Balaban J connectivity index is 0.00000484. The number of aliphatic imine (C=N–C) groups is 1. The van der Waals surface area contributed by atoms with Crippen molar-refractivity contribution in [1.82, 2.24) is 10.6 Å².